The van der Waals surface area contributed by atoms with Crippen molar-refractivity contribution in [3.8, 4) is 11.1 Å². The van der Waals surface area contributed by atoms with Crippen LogP contribution in [-0.4, -0.2) is 29.8 Å². The van der Waals surface area contributed by atoms with Gasteiger partial charge in [-0.05, 0) is 42.5 Å². The van der Waals surface area contributed by atoms with Crippen molar-refractivity contribution in [2.75, 3.05) is 6.61 Å². The van der Waals surface area contributed by atoms with E-state index < -0.39 is 18.1 Å². The Kier molecular flexibility index (Phi) is 5.60. The smallest absolute Gasteiger partial charge is 0.407 e. The van der Waals surface area contributed by atoms with Crippen molar-refractivity contribution in [3.05, 3.63) is 71.3 Å². The third-order valence-electron chi connectivity index (χ3n) is 4.70. The fourth-order valence-electron chi connectivity index (χ4n) is 3.36. The van der Waals surface area contributed by atoms with Crippen LogP contribution in [0.5, 0.6) is 0 Å². The van der Waals surface area contributed by atoms with Crippen LogP contribution in [0, 0.1) is 0 Å². The molecular weight excluding hydrogens is 342 g/mol. The molecule has 2 aromatic carbocycles. The molecule has 2 N–H and O–H groups in total. The highest BCUT2D eigenvalue weighted by Crippen LogP contribution is 2.44. The van der Waals surface area contributed by atoms with Crippen molar-refractivity contribution in [1.82, 2.24) is 5.32 Å². The van der Waals surface area contributed by atoms with Crippen molar-refractivity contribution < 1.29 is 19.4 Å². The average molecular weight is 365 g/mol. The van der Waals surface area contributed by atoms with Gasteiger partial charge < -0.3 is 15.2 Å². The van der Waals surface area contributed by atoms with Crippen LogP contribution < -0.4 is 5.32 Å². The molecule has 5 heteroatoms. The summed E-state index contributed by atoms with van der Waals surface area (Å²) in [5.74, 6) is -1.13. The van der Waals surface area contributed by atoms with Crippen LogP contribution >= 0.6 is 0 Å². The quantitative estimate of drug-likeness (QED) is 0.747. The Morgan fingerprint density at radius 1 is 1.07 bits per heavy atom. The van der Waals surface area contributed by atoms with E-state index in [2.05, 4.69) is 17.4 Å². The molecule has 5 nitrogen and oxygen atoms in total. The Morgan fingerprint density at radius 3 is 2.15 bits per heavy atom. The van der Waals surface area contributed by atoms with E-state index in [1.807, 2.05) is 50.2 Å². The normalized spacial score (nSPS) is 13.3. The van der Waals surface area contributed by atoms with Crippen molar-refractivity contribution in [2.45, 2.75) is 32.2 Å². The van der Waals surface area contributed by atoms with Gasteiger partial charge in [0.05, 0.1) is 0 Å². The van der Waals surface area contributed by atoms with Gasteiger partial charge in [-0.2, -0.15) is 0 Å². The van der Waals surface area contributed by atoms with Crippen LogP contribution in [0.3, 0.4) is 0 Å². The summed E-state index contributed by atoms with van der Waals surface area (Å²) in [5.41, 5.74) is 5.52. The number of fused-ring (bicyclic) bond motifs is 3. The molecule has 27 heavy (non-hydrogen) atoms. The first kappa shape index (κ1) is 18.7. The van der Waals surface area contributed by atoms with E-state index in [1.165, 1.54) is 0 Å². The Bertz CT molecular complexity index is 838. The number of nitrogens with one attached hydrogen (secondary N) is 1. The number of hydrogen-bond acceptors (Lipinski definition) is 3. The van der Waals surface area contributed by atoms with Crippen molar-refractivity contribution >= 4 is 12.1 Å². The van der Waals surface area contributed by atoms with Gasteiger partial charge in [0.25, 0.3) is 0 Å². The number of carbonyl (C=O) groups is 2. The van der Waals surface area contributed by atoms with Gasteiger partial charge in [0.2, 0.25) is 0 Å². The van der Waals surface area contributed by atoms with E-state index in [4.69, 9.17) is 4.74 Å². The minimum absolute atomic E-state index is 0.0517. The van der Waals surface area contributed by atoms with E-state index >= 15 is 0 Å². The SMILES string of the molecule is CC(C)=CC[C@H](NC(=O)OCC1c2ccccc2-c2ccccc21)C(=O)O. The van der Waals surface area contributed by atoms with Crippen molar-refractivity contribution in [2.24, 2.45) is 0 Å². The number of ether oxygens (including phenoxy) is 1. The molecule has 0 aromatic heterocycles. The molecule has 3 rings (SSSR count). The molecule has 0 spiro atoms. The van der Waals surface area contributed by atoms with Gasteiger partial charge in [-0.25, -0.2) is 9.59 Å². The summed E-state index contributed by atoms with van der Waals surface area (Å²) in [6.07, 6.45) is 1.29. The summed E-state index contributed by atoms with van der Waals surface area (Å²) in [6.45, 7) is 3.92. The molecule has 2 aromatic rings. The van der Waals surface area contributed by atoms with Gasteiger partial charge in [0.1, 0.15) is 12.6 Å². The lowest BCUT2D eigenvalue weighted by Crippen LogP contribution is -2.41. The molecule has 1 aliphatic carbocycles. The number of hydrogen-bond donors (Lipinski definition) is 2. The van der Waals surface area contributed by atoms with E-state index in [0.29, 0.717) is 0 Å². The van der Waals surface area contributed by atoms with Crippen molar-refractivity contribution in [1.29, 1.82) is 0 Å². The number of alkyl carbamates (subject to hydrolysis) is 1. The predicted octanol–water partition coefficient (Wildman–Crippen LogP) is 4.33. The average Bonchev–Trinajstić information content (AvgIpc) is 2.97. The molecule has 1 amide bonds. The summed E-state index contributed by atoms with van der Waals surface area (Å²) in [7, 11) is 0. The topological polar surface area (TPSA) is 75.6 Å². The van der Waals surface area contributed by atoms with E-state index in [0.717, 1.165) is 27.8 Å². The maximum Gasteiger partial charge on any atom is 0.407 e. The number of benzene rings is 2. The van der Waals surface area contributed by atoms with Gasteiger partial charge in [-0.15, -0.1) is 0 Å². The highest BCUT2D eigenvalue weighted by molar-refractivity contribution is 5.81. The maximum atomic E-state index is 12.2. The van der Waals surface area contributed by atoms with Crippen LogP contribution in [0.4, 0.5) is 4.79 Å². The lowest BCUT2D eigenvalue weighted by Gasteiger charge is -2.17. The van der Waals surface area contributed by atoms with E-state index in [-0.39, 0.29) is 18.9 Å². The first-order valence-corrected chi connectivity index (χ1v) is 8.95. The molecule has 0 bridgehead atoms. The van der Waals surface area contributed by atoms with E-state index in [1.54, 1.807) is 6.08 Å². The minimum atomic E-state index is -1.08. The number of aliphatic carboxylic acids is 1. The second-order valence-corrected chi connectivity index (χ2v) is 6.88. The third kappa shape index (κ3) is 4.19. The molecular formula is C22H23NO4. The molecule has 0 radical (unpaired) electrons. The molecule has 0 fully saturated rings. The fraction of sp³-hybridized carbons (Fsp3) is 0.273. The molecule has 0 saturated carbocycles. The molecule has 0 heterocycles. The summed E-state index contributed by atoms with van der Waals surface area (Å²) in [6, 6.07) is 15.1. The summed E-state index contributed by atoms with van der Waals surface area (Å²) >= 11 is 0. The Morgan fingerprint density at radius 2 is 1.63 bits per heavy atom. The van der Waals surface area contributed by atoms with Gasteiger partial charge in [-0.3, -0.25) is 0 Å². The largest absolute Gasteiger partial charge is 0.480 e. The Labute approximate surface area is 158 Å². The number of carboxylic acid groups (broad SMARTS) is 1. The monoisotopic (exact) mass is 365 g/mol. The van der Waals surface area contributed by atoms with Gasteiger partial charge in [0.15, 0.2) is 0 Å². The standard InChI is InChI=1S/C22H23NO4/c1-14(2)11-12-20(21(24)25)23-22(26)27-13-19-17-9-5-3-7-15(17)16-8-4-6-10-18(16)19/h3-11,19-20H,12-13H2,1-2H3,(H,23,26)(H,24,25)/t20-/m0/s1. The number of carbonyl (C=O) groups excluding carboxylic acids is 1. The van der Waals surface area contributed by atoms with Crippen LogP contribution in [0.15, 0.2) is 60.2 Å². The Hall–Kier alpha value is -3.08. The molecule has 0 saturated heterocycles. The van der Waals surface area contributed by atoms with Gasteiger partial charge >= 0.3 is 12.1 Å². The summed E-state index contributed by atoms with van der Waals surface area (Å²) < 4.78 is 5.39. The summed E-state index contributed by atoms with van der Waals surface area (Å²) in [4.78, 5) is 23.5. The zero-order valence-electron chi connectivity index (χ0n) is 15.4. The van der Waals surface area contributed by atoms with Crippen LogP contribution in [0.25, 0.3) is 11.1 Å². The highest BCUT2D eigenvalue weighted by Gasteiger charge is 2.29. The first-order valence-electron chi connectivity index (χ1n) is 8.95. The zero-order valence-corrected chi connectivity index (χ0v) is 15.4. The minimum Gasteiger partial charge on any atom is -0.480 e. The second kappa shape index (κ2) is 8.08. The molecule has 1 atom stereocenters. The molecule has 0 aliphatic heterocycles. The summed E-state index contributed by atoms with van der Waals surface area (Å²) in [5, 5.41) is 11.7. The maximum absolute atomic E-state index is 12.2. The highest BCUT2D eigenvalue weighted by atomic mass is 16.5. The number of allylic oxidation sites excluding steroid dienone is 1. The van der Waals surface area contributed by atoms with E-state index in [9.17, 15) is 14.7 Å². The van der Waals surface area contributed by atoms with Crippen LogP contribution in [-0.2, 0) is 9.53 Å². The van der Waals surface area contributed by atoms with Gasteiger partial charge in [0, 0.05) is 5.92 Å². The van der Waals surface area contributed by atoms with Gasteiger partial charge in [-0.1, -0.05) is 60.2 Å². The second-order valence-electron chi connectivity index (χ2n) is 6.88. The number of amides is 1. The molecule has 0 unspecified atom stereocenters. The molecule has 140 valence electrons. The zero-order chi connectivity index (χ0) is 19.4. The van der Waals surface area contributed by atoms with Crippen molar-refractivity contribution in [3.63, 3.8) is 0 Å². The lowest BCUT2D eigenvalue weighted by molar-refractivity contribution is -0.139. The third-order valence-corrected chi connectivity index (χ3v) is 4.70. The fourth-order valence-corrected chi connectivity index (χ4v) is 3.36. The Balaban J connectivity index is 1.68. The predicted molar refractivity (Wildman–Crippen MR) is 104 cm³/mol. The van der Waals surface area contributed by atoms with Crippen LogP contribution in [0.1, 0.15) is 37.3 Å². The number of rotatable bonds is 6. The number of carboxylic acids is 1. The molecule has 1 aliphatic rings. The first-order chi connectivity index (χ1) is 13.0. The van der Waals surface area contributed by atoms with Crippen LogP contribution in [0.2, 0.25) is 0 Å². The lowest BCUT2D eigenvalue weighted by atomic mass is 9.98.